The predicted octanol–water partition coefficient (Wildman–Crippen LogP) is 0.633. The van der Waals surface area contributed by atoms with E-state index in [1.54, 1.807) is 0 Å². The molecule has 1 fully saturated rings. The van der Waals surface area contributed by atoms with Gasteiger partial charge in [-0.1, -0.05) is 11.6 Å². The Morgan fingerprint density at radius 2 is 1.80 bits per heavy atom. The van der Waals surface area contributed by atoms with Gasteiger partial charge >= 0.3 is 17.9 Å². The Morgan fingerprint density at radius 3 is 2.43 bits per heavy atom. The predicted molar refractivity (Wildman–Crippen MR) is 101 cm³/mol. The first-order chi connectivity index (χ1) is 14.2. The highest BCUT2D eigenvalue weighted by Gasteiger charge is 2.49. The van der Waals surface area contributed by atoms with Crippen molar-refractivity contribution in [3.63, 3.8) is 0 Å². The van der Waals surface area contributed by atoms with E-state index in [4.69, 9.17) is 36.3 Å². The van der Waals surface area contributed by atoms with Crippen molar-refractivity contribution in [3.05, 3.63) is 11.5 Å². The molecule has 0 saturated carbocycles. The monoisotopic (exact) mass is 441 g/mol. The van der Waals surface area contributed by atoms with Crippen LogP contribution in [0.4, 0.5) is 5.95 Å². The molecular formula is C17H20ClN5O7. The minimum absolute atomic E-state index is 0.0474. The van der Waals surface area contributed by atoms with E-state index >= 15 is 0 Å². The molecule has 2 aromatic heterocycles. The van der Waals surface area contributed by atoms with E-state index in [1.165, 1.54) is 31.7 Å². The number of hydrogen-bond donors (Lipinski definition) is 1. The number of esters is 3. The number of hydrogen-bond acceptors (Lipinski definition) is 11. The van der Waals surface area contributed by atoms with Crippen molar-refractivity contribution in [3.8, 4) is 0 Å². The molecule has 1 saturated heterocycles. The molecule has 2 N–H and O–H groups in total. The highest BCUT2D eigenvalue weighted by molar-refractivity contribution is 6.33. The van der Waals surface area contributed by atoms with Crippen molar-refractivity contribution in [2.24, 2.45) is 5.92 Å². The van der Waals surface area contributed by atoms with Gasteiger partial charge in [0.05, 0.1) is 12.2 Å². The number of halogens is 1. The first-order valence-corrected chi connectivity index (χ1v) is 9.30. The third kappa shape index (κ3) is 4.60. The van der Waals surface area contributed by atoms with Crippen LogP contribution in [0, 0.1) is 5.92 Å². The third-order valence-corrected chi connectivity index (χ3v) is 4.66. The van der Waals surface area contributed by atoms with E-state index in [0.717, 1.165) is 0 Å². The summed E-state index contributed by atoms with van der Waals surface area (Å²) < 4.78 is 23.2. The topological polar surface area (TPSA) is 158 Å². The van der Waals surface area contributed by atoms with Gasteiger partial charge in [0.2, 0.25) is 5.95 Å². The van der Waals surface area contributed by atoms with E-state index in [0.29, 0.717) is 0 Å². The summed E-state index contributed by atoms with van der Waals surface area (Å²) in [7, 11) is 0. The number of rotatable bonds is 6. The molecule has 0 amide bonds. The maximum absolute atomic E-state index is 11.8. The van der Waals surface area contributed by atoms with Gasteiger partial charge in [0.1, 0.15) is 24.8 Å². The number of nitrogen functional groups attached to an aromatic ring is 1. The van der Waals surface area contributed by atoms with Crippen molar-refractivity contribution < 1.29 is 33.3 Å². The minimum Gasteiger partial charge on any atom is -0.465 e. The van der Waals surface area contributed by atoms with E-state index in [-0.39, 0.29) is 35.5 Å². The SMILES string of the molecule is CC(=O)OC[C@H]1[C@@H](OC(C)=O)[C@H](n2cnc3c(Cl)nc(N)nc32)O[C@@H]1COC(C)=O. The Hall–Kier alpha value is -2.99. The zero-order valence-corrected chi connectivity index (χ0v) is 17.2. The summed E-state index contributed by atoms with van der Waals surface area (Å²) in [6.07, 6.45) is -1.18. The van der Waals surface area contributed by atoms with Gasteiger partial charge in [-0.05, 0) is 0 Å². The Kier molecular flexibility index (Phi) is 6.37. The van der Waals surface area contributed by atoms with Gasteiger partial charge < -0.3 is 24.7 Å². The van der Waals surface area contributed by atoms with Gasteiger partial charge in [0.25, 0.3) is 0 Å². The quantitative estimate of drug-likeness (QED) is 0.380. The Morgan fingerprint density at radius 1 is 1.13 bits per heavy atom. The molecule has 0 aromatic carbocycles. The first-order valence-electron chi connectivity index (χ1n) is 8.92. The molecule has 0 unspecified atom stereocenters. The Labute approximate surface area is 175 Å². The van der Waals surface area contributed by atoms with Crippen LogP contribution in [0.5, 0.6) is 0 Å². The van der Waals surface area contributed by atoms with Crippen LogP contribution in [0.3, 0.4) is 0 Å². The zero-order valence-electron chi connectivity index (χ0n) is 16.4. The molecule has 30 heavy (non-hydrogen) atoms. The van der Waals surface area contributed by atoms with Crippen LogP contribution >= 0.6 is 11.6 Å². The standard InChI is InChI=1S/C17H20ClN5O7/c1-7(24)27-4-10-11(5-28-8(2)25)30-16(13(10)29-9(3)26)23-6-20-12-14(18)21-17(19)22-15(12)23/h6,10-11,13,16H,4-5H2,1-3H3,(H2,19,21,22)/t10-,11-,13-,16-/m1/s1. The lowest BCUT2D eigenvalue weighted by molar-refractivity contribution is -0.155. The second-order valence-corrected chi connectivity index (χ2v) is 6.96. The van der Waals surface area contributed by atoms with Gasteiger partial charge in [-0.15, -0.1) is 0 Å². The van der Waals surface area contributed by atoms with Gasteiger partial charge in [-0.3, -0.25) is 19.0 Å². The Balaban J connectivity index is 2.01. The molecule has 4 atom stereocenters. The van der Waals surface area contributed by atoms with Crippen LogP contribution in [-0.4, -0.2) is 62.8 Å². The van der Waals surface area contributed by atoms with Crippen LogP contribution in [0.1, 0.15) is 27.0 Å². The van der Waals surface area contributed by atoms with Crippen LogP contribution in [-0.2, 0) is 33.3 Å². The molecule has 0 bridgehead atoms. The zero-order chi connectivity index (χ0) is 22.0. The van der Waals surface area contributed by atoms with Crippen LogP contribution in [0.15, 0.2) is 6.33 Å². The second kappa shape index (κ2) is 8.79. The molecule has 162 valence electrons. The lowest BCUT2D eigenvalue weighted by atomic mass is 9.99. The summed E-state index contributed by atoms with van der Waals surface area (Å²) in [5, 5.41) is 0.0474. The maximum atomic E-state index is 11.8. The Bertz CT molecular complexity index is 981. The van der Waals surface area contributed by atoms with Gasteiger partial charge in [0.15, 0.2) is 23.1 Å². The number of carbonyl (C=O) groups is 3. The van der Waals surface area contributed by atoms with E-state index in [2.05, 4.69) is 15.0 Å². The highest BCUT2D eigenvalue weighted by atomic mass is 35.5. The lowest BCUT2D eigenvalue weighted by Crippen LogP contribution is -2.36. The summed E-state index contributed by atoms with van der Waals surface area (Å²) in [5.41, 5.74) is 6.23. The number of anilines is 1. The molecule has 1 aliphatic rings. The average Bonchev–Trinajstić information content (AvgIpc) is 3.19. The largest absolute Gasteiger partial charge is 0.465 e. The highest BCUT2D eigenvalue weighted by Crippen LogP contribution is 2.38. The number of carbonyl (C=O) groups excluding carboxylic acids is 3. The first kappa shape index (κ1) is 21.7. The van der Waals surface area contributed by atoms with Crippen LogP contribution < -0.4 is 5.73 Å². The van der Waals surface area contributed by atoms with Crippen molar-refractivity contribution in [1.29, 1.82) is 0 Å². The number of fused-ring (bicyclic) bond motifs is 1. The lowest BCUT2D eigenvalue weighted by Gasteiger charge is -2.23. The minimum atomic E-state index is -0.926. The van der Waals surface area contributed by atoms with Crippen LogP contribution in [0.25, 0.3) is 11.2 Å². The summed E-state index contributed by atoms with van der Waals surface area (Å²) in [4.78, 5) is 46.6. The molecule has 12 nitrogen and oxygen atoms in total. The second-order valence-electron chi connectivity index (χ2n) is 6.60. The number of nitrogens with zero attached hydrogens (tertiary/aromatic N) is 4. The molecule has 0 spiro atoms. The van der Waals surface area contributed by atoms with Crippen molar-refractivity contribution in [2.45, 2.75) is 39.2 Å². The molecule has 3 heterocycles. The fourth-order valence-corrected chi connectivity index (χ4v) is 3.42. The summed E-state index contributed by atoms with van der Waals surface area (Å²) in [6.45, 7) is 3.48. The van der Waals surface area contributed by atoms with Gasteiger partial charge in [0, 0.05) is 20.8 Å². The molecule has 3 rings (SSSR count). The number of ether oxygens (including phenoxy) is 4. The fourth-order valence-electron chi connectivity index (χ4n) is 3.20. The molecule has 1 aliphatic heterocycles. The van der Waals surface area contributed by atoms with Crippen molar-refractivity contribution in [2.75, 3.05) is 18.9 Å². The number of aromatic nitrogens is 4. The average molecular weight is 442 g/mol. The van der Waals surface area contributed by atoms with Crippen molar-refractivity contribution in [1.82, 2.24) is 19.5 Å². The van der Waals surface area contributed by atoms with Gasteiger partial charge in [-0.2, -0.15) is 9.97 Å². The summed E-state index contributed by atoms with van der Waals surface area (Å²) in [6, 6.07) is 0. The molecular weight excluding hydrogens is 422 g/mol. The van der Waals surface area contributed by atoms with Crippen molar-refractivity contribution >= 4 is 46.6 Å². The van der Waals surface area contributed by atoms with E-state index < -0.39 is 42.3 Å². The molecule has 0 aliphatic carbocycles. The normalized spacial score (nSPS) is 23.3. The summed E-state index contributed by atoms with van der Waals surface area (Å²) in [5.74, 6) is -2.33. The van der Waals surface area contributed by atoms with Crippen LogP contribution in [0.2, 0.25) is 5.15 Å². The molecule has 0 radical (unpaired) electrons. The fraction of sp³-hybridized carbons (Fsp3) is 0.529. The maximum Gasteiger partial charge on any atom is 0.303 e. The number of nitrogens with two attached hydrogens (primary N) is 1. The number of imidazole rings is 1. The summed E-state index contributed by atoms with van der Waals surface area (Å²) >= 11 is 6.08. The molecule has 13 heteroatoms. The van der Waals surface area contributed by atoms with E-state index in [9.17, 15) is 14.4 Å². The van der Waals surface area contributed by atoms with E-state index in [1.807, 2.05) is 0 Å². The smallest absolute Gasteiger partial charge is 0.303 e. The molecule has 2 aromatic rings. The third-order valence-electron chi connectivity index (χ3n) is 4.40. The van der Waals surface area contributed by atoms with Gasteiger partial charge in [-0.25, -0.2) is 4.98 Å².